The van der Waals surface area contributed by atoms with Gasteiger partial charge in [0.15, 0.2) is 0 Å². The van der Waals surface area contributed by atoms with Crippen LogP contribution in [0.3, 0.4) is 0 Å². The molecule has 2 atom stereocenters. The number of hydrogen-bond donors (Lipinski definition) is 1. The molecule has 1 aliphatic heterocycles. The minimum Gasteiger partial charge on any atom is -0.399 e. The second-order valence-corrected chi connectivity index (χ2v) is 6.35. The largest absolute Gasteiger partial charge is 0.399 e. The number of rotatable bonds is 2. The third kappa shape index (κ3) is 3.46. The highest BCUT2D eigenvalue weighted by atomic mass is 79.9. The van der Waals surface area contributed by atoms with Gasteiger partial charge < -0.3 is 5.73 Å². The summed E-state index contributed by atoms with van der Waals surface area (Å²) in [7, 11) is 0. The van der Waals surface area contributed by atoms with Gasteiger partial charge in [-0.1, -0.05) is 35.8 Å². The molecular formula is C14H21BrN2. The number of anilines is 1. The van der Waals surface area contributed by atoms with Gasteiger partial charge in [0.1, 0.15) is 0 Å². The summed E-state index contributed by atoms with van der Waals surface area (Å²) in [6.45, 7) is 8.14. The normalized spacial score (nSPS) is 26.1. The standard InChI is InChI=1S/C14H21BrN2/c1-10-5-11(2)8-17(7-10)9-12-3-4-13(16)6-14(12)15/h3-4,6,10-11H,5,7-9,16H2,1-2H3. The first-order valence-corrected chi connectivity index (χ1v) is 7.10. The molecule has 1 fully saturated rings. The van der Waals surface area contributed by atoms with Crippen molar-refractivity contribution in [2.24, 2.45) is 11.8 Å². The van der Waals surface area contributed by atoms with E-state index in [1.54, 1.807) is 0 Å². The highest BCUT2D eigenvalue weighted by Crippen LogP contribution is 2.26. The number of nitrogens with zero attached hydrogens (tertiary/aromatic N) is 1. The summed E-state index contributed by atoms with van der Waals surface area (Å²) in [6, 6.07) is 6.10. The number of piperidine rings is 1. The summed E-state index contributed by atoms with van der Waals surface area (Å²) in [4.78, 5) is 2.55. The number of nitrogen functional groups attached to an aromatic ring is 1. The number of hydrogen-bond acceptors (Lipinski definition) is 2. The van der Waals surface area contributed by atoms with E-state index in [4.69, 9.17) is 5.73 Å². The van der Waals surface area contributed by atoms with Crippen molar-refractivity contribution in [3.63, 3.8) is 0 Å². The summed E-state index contributed by atoms with van der Waals surface area (Å²) in [5, 5.41) is 0. The molecule has 2 rings (SSSR count). The predicted molar refractivity (Wildman–Crippen MR) is 76.8 cm³/mol. The van der Waals surface area contributed by atoms with Crippen molar-refractivity contribution in [1.82, 2.24) is 4.90 Å². The number of benzene rings is 1. The Balaban J connectivity index is 2.04. The van der Waals surface area contributed by atoms with E-state index in [1.807, 2.05) is 12.1 Å². The van der Waals surface area contributed by atoms with Gasteiger partial charge in [0.05, 0.1) is 0 Å². The lowest BCUT2D eigenvalue weighted by molar-refractivity contribution is 0.134. The maximum Gasteiger partial charge on any atom is 0.0325 e. The highest BCUT2D eigenvalue weighted by molar-refractivity contribution is 9.10. The molecular weight excluding hydrogens is 276 g/mol. The lowest BCUT2D eigenvalue weighted by Crippen LogP contribution is -2.38. The van der Waals surface area contributed by atoms with Crippen LogP contribution in [0.5, 0.6) is 0 Å². The van der Waals surface area contributed by atoms with Crippen molar-refractivity contribution >= 4 is 21.6 Å². The van der Waals surface area contributed by atoms with E-state index in [1.165, 1.54) is 25.1 Å². The Morgan fingerprint density at radius 1 is 1.29 bits per heavy atom. The number of halogens is 1. The molecule has 94 valence electrons. The van der Waals surface area contributed by atoms with Crippen molar-refractivity contribution in [2.75, 3.05) is 18.8 Å². The molecule has 1 saturated heterocycles. The molecule has 0 radical (unpaired) electrons. The van der Waals surface area contributed by atoms with Gasteiger partial charge >= 0.3 is 0 Å². The fourth-order valence-electron chi connectivity index (χ4n) is 2.85. The Labute approximate surface area is 112 Å². The Kier molecular flexibility index (Phi) is 4.10. The van der Waals surface area contributed by atoms with Gasteiger partial charge in [0.25, 0.3) is 0 Å². The van der Waals surface area contributed by atoms with Crippen LogP contribution in [0, 0.1) is 11.8 Å². The van der Waals surface area contributed by atoms with Crippen LogP contribution in [0.2, 0.25) is 0 Å². The summed E-state index contributed by atoms with van der Waals surface area (Å²) < 4.78 is 1.13. The van der Waals surface area contributed by atoms with Gasteiger partial charge in [-0.15, -0.1) is 0 Å². The average Bonchev–Trinajstić information content (AvgIpc) is 2.21. The molecule has 0 aliphatic carbocycles. The number of likely N-dealkylation sites (tertiary alicyclic amines) is 1. The minimum atomic E-state index is 0.811. The van der Waals surface area contributed by atoms with Crippen LogP contribution in [-0.2, 0) is 6.54 Å². The van der Waals surface area contributed by atoms with Gasteiger partial charge in [0.2, 0.25) is 0 Å². The second-order valence-electron chi connectivity index (χ2n) is 5.49. The Morgan fingerprint density at radius 2 is 1.94 bits per heavy atom. The molecule has 0 saturated carbocycles. The van der Waals surface area contributed by atoms with Gasteiger partial charge in [-0.3, -0.25) is 4.90 Å². The SMILES string of the molecule is CC1CC(C)CN(Cc2ccc(N)cc2Br)C1. The first-order chi connectivity index (χ1) is 8.04. The predicted octanol–water partition coefficient (Wildman–Crippen LogP) is 3.51. The second kappa shape index (κ2) is 5.40. The quantitative estimate of drug-likeness (QED) is 0.846. The zero-order valence-electron chi connectivity index (χ0n) is 10.6. The van der Waals surface area contributed by atoms with Gasteiger partial charge in [-0.25, -0.2) is 0 Å². The van der Waals surface area contributed by atoms with E-state index in [9.17, 15) is 0 Å². The molecule has 2 N–H and O–H groups in total. The van der Waals surface area contributed by atoms with Gasteiger partial charge in [0, 0.05) is 29.8 Å². The average molecular weight is 297 g/mol. The summed E-state index contributed by atoms with van der Waals surface area (Å²) in [6.07, 6.45) is 1.36. The van der Waals surface area contributed by atoms with Crippen molar-refractivity contribution in [1.29, 1.82) is 0 Å². The van der Waals surface area contributed by atoms with Crippen LogP contribution in [0.4, 0.5) is 5.69 Å². The smallest absolute Gasteiger partial charge is 0.0325 e. The summed E-state index contributed by atoms with van der Waals surface area (Å²) >= 11 is 3.60. The molecule has 1 aromatic rings. The van der Waals surface area contributed by atoms with Crippen LogP contribution in [0.15, 0.2) is 22.7 Å². The molecule has 0 aromatic heterocycles. The summed E-state index contributed by atoms with van der Waals surface area (Å²) in [5.74, 6) is 1.62. The molecule has 0 bridgehead atoms. The molecule has 3 heteroatoms. The van der Waals surface area contributed by atoms with Crippen molar-refractivity contribution in [3.05, 3.63) is 28.2 Å². The molecule has 1 heterocycles. The van der Waals surface area contributed by atoms with E-state index in [2.05, 4.69) is 40.7 Å². The van der Waals surface area contributed by atoms with Crippen molar-refractivity contribution < 1.29 is 0 Å². The van der Waals surface area contributed by atoms with Crippen LogP contribution in [0.25, 0.3) is 0 Å². The van der Waals surface area contributed by atoms with E-state index in [0.29, 0.717) is 0 Å². The topological polar surface area (TPSA) is 29.3 Å². The highest BCUT2D eigenvalue weighted by Gasteiger charge is 2.22. The fraction of sp³-hybridized carbons (Fsp3) is 0.571. The van der Waals surface area contributed by atoms with E-state index in [-0.39, 0.29) is 0 Å². The molecule has 2 unspecified atom stereocenters. The van der Waals surface area contributed by atoms with E-state index >= 15 is 0 Å². The van der Waals surface area contributed by atoms with Crippen LogP contribution in [-0.4, -0.2) is 18.0 Å². The third-order valence-electron chi connectivity index (χ3n) is 3.42. The zero-order chi connectivity index (χ0) is 12.4. The van der Waals surface area contributed by atoms with E-state index in [0.717, 1.165) is 28.5 Å². The van der Waals surface area contributed by atoms with Gasteiger partial charge in [-0.2, -0.15) is 0 Å². The Bertz CT molecular complexity index is 382. The lowest BCUT2D eigenvalue weighted by Gasteiger charge is -2.35. The van der Waals surface area contributed by atoms with Crippen molar-refractivity contribution in [3.8, 4) is 0 Å². The zero-order valence-corrected chi connectivity index (χ0v) is 12.2. The minimum absolute atomic E-state index is 0.811. The molecule has 0 amide bonds. The molecule has 17 heavy (non-hydrogen) atoms. The maximum atomic E-state index is 5.76. The lowest BCUT2D eigenvalue weighted by atomic mass is 9.91. The number of nitrogens with two attached hydrogens (primary N) is 1. The van der Waals surface area contributed by atoms with E-state index < -0.39 is 0 Å². The third-order valence-corrected chi connectivity index (χ3v) is 4.15. The molecule has 1 aromatic carbocycles. The Hall–Kier alpha value is -0.540. The van der Waals surface area contributed by atoms with Crippen LogP contribution in [0.1, 0.15) is 25.8 Å². The maximum absolute atomic E-state index is 5.76. The first-order valence-electron chi connectivity index (χ1n) is 6.31. The monoisotopic (exact) mass is 296 g/mol. The fourth-order valence-corrected chi connectivity index (χ4v) is 3.38. The van der Waals surface area contributed by atoms with Gasteiger partial charge in [-0.05, 0) is 36.0 Å². The van der Waals surface area contributed by atoms with Crippen LogP contribution < -0.4 is 5.73 Å². The first kappa shape index (κ1) is 12.9. The Morgan fingerprint density at radius 3 is 2.53 bits per heavy atom. The summed E-state index contributed by atoms with van der Waals surface area (Å²) in [5.41, 5.74) is 7.92. The van der Waals surface area contributed by atoms with Crippen LogP contribution >= 0.6 is 15.9 Å². The molecule has 0 spiro atoms. The molecule has 2 nitrogen and oxygen atoms in total. The van der Waals surface area contributed by atoms with Crippen molar-refractivity contribution in [2.45, 2.75) is 26.8 Å². The molecule has 1 aliphatic rings.